The Morgan fingerprint density at radius 2 is 2.04 bits per heavy atom. The fourth-order valence-electron chi connectivity index (χ4n) is 2.45. The van der Waals surface area contributed by atoms with Crippen LogP contribution in [0.2, 0.25) is 0 Å². The van der Waals surface area contributed by atoms with E-state index in [4.69, 9.17) is 4.74 Å². The van der Waals surface area contributed by atoms with Gasteiger partial charge in [0.05, 0.1) is 6.61 Å². The van der Waals surface area contributed by atoms with Crippen LogP contribution in [0, 0.1) is 5.92 Å². The number of ether oxygens (including phenoxy) is 1. The van der Waals surface area contributed by atoms with Gasteiger partial charge in [0.1, 0.15) is 12.2 Å². The zero-order valence-electron chi connectivity index (χ0n) is 15.3. The second kappa shape index (κ2) is 11.3. The van der Waals surface area contributed by atoms with Crippen molar-refractivity contribution in [2.75, 3.05) is 18.5 Å². The highest BCUT2D eigenvalue weighted by Crippen LogP contribution is 2.11. The molecule has 140 valence electrons. The van der Waals surface area contributed by atoms with E-state index in [-0.39, 0.29) is 18.8 Å². The molecule has 25 heavy (non-hydrogen) atoms. The van der Waals surface area contributed by atoms with Gasteiger partial charge >= 0.3 is 12.0 Å². The molecule has 0 spiro atoms. The third-order valence-corrected chi connectivity index (χ3v) is 3.97. The zero-order chi connectivity index (χ0) is 18.7. The molecule has 1 aromatic rings. The van der Waals surface area contributed by atoms with E-state index in [1.807, 2.05) is 0 Å². The number of carbonyl (C=O) groups excluding carboxylic acids is 2. The van der Waals surface area contributed by atoms with Crippen LogP contribution in [0.3, 0.4) is 0 Å². The standard InChI is InChI=1S/C18H29N3O4/c1-4-7-9-14(5-2)12-19-18(24)20-15-10-8-11-21(17(15)23)13-16(22)25-6-3/h8,10-11,14H,4-7,9,12-13H2,1-3H3,(H2,19,20,24). The summed E-state index contributed by atoms with van der Waals surface area (Å²) in [4.78, 5) is 35.8. The van der Waals surface area contributed by atoms with E-state index in [0.29, 0.717) is 12.5 Å². The largest absolute Gasteiger partial charge is 0.465 e. The van der Waals surface area contributed by atoms with Crippen LogP contribution in [0.1, 0.15) is 46.5 Å². The van der Waals surface area contributed by atoms with Crippen molar-refractivity contribution in [2.24, 2.45) is 5.92 Å². The van der Waals surface area contributed by atoms with Crippen molar-refractivity contribution in [3.05, 3.63) is 28.7 Å². The molecular formula is C18H29N3O4. The van der Waals surface area contributed by atoms with E-state index in [9.17, 15) is 14.4 Å². The highest BCUT2D eigenvalue weighted by molar-refractivity contribution is 5.88. The highest BCUT2D eigenvalue weighted by atomic mass is 16.5. The number of hydrogen-bond donors (Lipinski definition) is 2. The molecule has 7 nitrogen and oxygen atoms in total. The Balaban J connectivity index is 2.62. The van der Waals surface area contributed by atoms with E-state index in [1.165, 1.54) is 16.8 Å². The lowest BCUT2D eigenvalue weighted by Crippen LogP contribution is -2.36. The molecule has 7 heteroatoms. The van der Waals surface area contributed by atoms with Gasteiger partial charge in [0, 0.05) is 12.7 Å². The summed E-state index contributed by atoms with van der Waals surface area (Å²) >= 11 is 0. The summed E-state index contributed by atoms with van der Waals surface area (Å²) in [7, 11) is 0. The van der Waals surface area contributed by atoms with Crippen molar-refractivity contribution in [1.82, 2.24) is 9.88 Å². The van der Waals surface area contributed by atoms with Crippen molar-refractivity contribution in [3.8, 4) is 0 Å². The summed E-state index contributed by atoms with van der Waals surface area (Å²) in [5, 5.41) is 5.36. The number of rotatable bonds is 10. The molecule has 1 rings (SSSR count). The Morgan fingerprint density at radius 3 is 2.68 bits per heavy atom. The molecule has 1 unspecified atom stereocenters. The molecule has 1 heterocycles. The Morgan fingerprint density at radius 1 is 1.28 bits per heavy atom. The molecule has 0 radical (unpaired) electrons. The SMILES string of the molecule is CCCCC(CC)CNC(=O)Nc1cccn(CC(=O)OCC)c1=O. The van der Waals surface area contributed by atoms with E-state index < -0.39 is 17.6 Å². The first kappa shape index (κ1) is 20.7. The van der Waals surface area contributed by atoms with Crippen LogP contribution < -0.4 is 16.2 Å². The van der Waals surface area contributed by atoms with Crippen LogP contribution in [0.25, 0.3) is 0 Å². The normalized spacial score (nSPS) is 11.6. The van der Waals surface area contributed by atoms with Gasteiger partial charge in [0.25, 0.3) is 5.56 Å². The van der Waals surface area contributed by atoms with E-state index >= 15 is 0 Å². The second-order valence-corrected chi connectivity index (χ2v) is 5.91. The first-order chi connectivity index (χ1) is 12.0. The van der Waals surface area contributed by atoms with Gasteiger partial charge in [-0.15, -0.1) is 0 Å². The van der Waals surface area contributed by atoms with Crippen molar-refractivity contribution in [2.45, 2.75) is 53.0 Å². The number of anilines is 1. The molecule has 1 aromatic heterocycles. The topological polar surface area (TPSA) is 89.4 Å². The first-order valence-corrected chi connectivity index (χ1v) is 8.91. The number of nitrogens with one attached hydrogen (secondary N) is 2. The number of aromatic nitrogens is 1. The molecule has 0 aliphatic rings. The quantitative estimate of drug-likeness (QED) is 0.634. The van der Waals surface area contributed by atoms with Crippen LogP contribution in [0.4, 0.5) is 10.5 Å². The average Bonchev–Trinajstić information content (AvgIpc) is 2.59. The van der Waals surface area contributed by atoms with E-state index in [1.54, 1.807) is 13.0 Å². The second-order valence-electron chi connectivity index (χ2n) is 5.91. The molecule has 0 saturated carbocycles. The molecule has 2 amide bonds. The van der Waals surface area contributed by atoms with Crippen molar-refractivity contribution < 1.29 is 14.3 Å². The summed E-state index contributed by atoms with van der Waals surface area (Å²) in [6.45, 7) is 6.59. The molecule has 0 aromatic carbocycles. The molecule has 1 atom stereocenters. The summed E-state index contributed by atoms with van der Waals surface area (Å²) in [6, 6.07) is 2.70. The van der Waals surface area contributed by atoms with Gasteiger partial charge in [-0.1, -0.05) is 33.1 Å². The van der Waals surface area contributed by atoms with Gasteiger partial charge in [-0.25, -0.2) is 4.79 Å². The van der Waals surface area contributed by atoms with Gasteiger partial charge in [0.2, 0.25) is 0 Å². The van der Waals surface area contributed by atoms with Crippen LogP contribution in [0.15, 0.2) is 23.1 Å². The molecule has 0 aliphatic heterocycles. The number of pyridine rings is 1. The summed E-state index contributed by atoms with van der Waals surface area (Å²) in [5.74, 6) is -0.0603. The smallest absolute Gasteiger partial charge is 0.326 e. The minimum Gasteiger partial charge on any atom is -0.465 e. The summed E-state index contributed by atoms with van der Waals surface area (Å²) in [6.07, 6.45) is 5.83. The first-order valence-electron chi connectivity index (χ1n) is 8.91. The van der Waals surface area contributed by atoms with E-state index in [2.05, 4.69) is 24.5 Å². The van der Waals surface area contributed by atoms with Crippen LogP contribution in [0.5, 0.6) is 0 Å². The maximum atomic E-state index is 12.3. The predicted octanol–water partition coefficient (Wildman–Crippen LogP) is 2.75. The van der Waals surface area contributed by atoms with Crippen molar-refractivity contribution in [3.63, 3.8) is 0 Å². The number of carbonyl (C=O) groups is 2. The van der Waals surface area contributed by atoms with Gasteiger partial charge in [-0.05, 0) is 31.4 Å². The van der Waals surface area contributed by atoms with Crippen molar-refractivity contribution in [1.29, 1.82) is 0 Å². The molecule has 0 saturated heterocycles. The predicted molar refractivity (Wildman–Crippen MR) is 97.7 cm³/mol. The maximum absolute atomic E-state index is 12.3. The lowest BCUT2D eigenvalue weighted by atomic mass is 9.99. The Hall–Kier alpha value is -2.31. The van der Waals surface area contributed by atoms with Gasteiger partial charge in [-0.2, -0.15) is 0 Å². The fraction of sp³-hybridized carbons (Fsp3) is 0.611. The molecular weight excluding hydrogens is 322 g/mol. The summed E-state index contributed by atoms with van der Waals surface area (Å²) in [5.41, 5.74) is -0.311. The number of amides is 2. The average molecular weight is 351 g/mol. The number of nitrogens with zero attached hydrogens (tertiary/aromatic N) is 1. The Bertz CT molecular complexity index is 613. The molecule has 0 bridgehead atoms. The van der Waals surface area contributed by atoms with Crippen LogP contribution in [-0.4, -0.2) is 29.7 Å². The fourth-order valence-corrected chi connectivity index (χ4v) is 2.45. The van der Waals surface area contributed by atoms with E-state index in [0.717, 1.165) is 25.7 Å². The van der Waals surface area contributed by atoms with Gasteiger partial charge < -0.3 is 19.9 Å². The maximum Gasteiger partial charge on any atom is 0.326 e. The Labute approximate surface area is 148 Å². The lowest BCUT2D eigenvalue weighted by Gasteiger charge is -2.15. The lowest BCUT2D eigenvalue weighted by molar-refractivity contribution is -0.143. The Kier molecular flexibility index (Phi) is 9.36. The zero-order valence-corrected chi connectivity index (χ0v) is 15.3. The van der Waals surface area contributed by atoms with Crippen LogP contribution >= 0.6 is 0 Å². The molecule has 0 aliphatic carbocycles. The van der Waals surface area contributed by atoms with Gasteiger partial charge in [0.15, 0.2) is 0 Å². The van der Waals surface area contributed by atoms with Gasteiger partial charge in [-0.3, -0.25) is 9.59 Å². The molecule has 2 N–H and O–H groups in total. The monoisotopic (exact) mass is 351 g/mol. The minimum absolute atomic E-state index is 0.130. The number of hydrogen-bond acceptors (Lipinski definition) is 4. The van der Waals surface area contributed by atoms with Crippen LogP contribution in [-0.2, 0) is 16.1 Å². The third kappa shape index (κ3) is 7.41. The van der Waals surface area contributed by atoms with Crippen molar-refractivity contribution >= 4 is 17.7 Å². The highest BCUT2D eigenvalue weighted by Gasteiger charge is 2.12. The molecule has 0 fully saturated rings. The summed E-state index contributed by atoms with van der Waals surface area (Å²) < 4.78 is 6.04. The number of urea groups is 1. The number of esters is 1. The third-order valence-electron chi connectivity index (χ3n) is 3.97. The number of unbranched alkanes of at least 4 members (excludes halogenated alkanes) is 1. The minimum atomic E-state index is -0.493.